The molecular weight excluding hydrogens is 204 g/mol. The van der Waals surface area contributed by atoms with E-state index in [2.05, 4.69) is 21.7 Å². The molecule has 0 spiro atoms. The Bertz CT molecular complexity index is 378. The largest absolute Gasteiger partial charge is 0.345 e. The molecule has 0 aliphatic rings. The van der Waals surface area contributed by atoms with Crippen molar-refractivity contribution in [1.82, 2.24) is 20.4 Å². The van der Waals surface area contributed by atoms with E-state index in [1.54, 1.807) is 4.68 Å². The summed E-state index contributed by atoms with van der Waals surface area (Å²) >= 11 is 0. The Morgan fingerprint density at radius 2 is 2.50 bits per heavy atom. The molecule has 0 aromatic carbocycles. The SMILES string of the molecule is C#CCNC(=O)CCNCc1ccn(C)n1. The first kappa shape index (κ1) is 12.3. The van der Waals surface area contributed by atoms with Gasteiger partial charge in [0.2, 0.25) is 5.91 Å². The van der Waals surface area contributed by atoms with Gasteiger partial charge in [-0.2, -0.15) is 5.10 Å². The second-order valence-electron chi connectivity index (χ2n) is 3.39. The van der Waals surface area contributed by atoms with Crippen LogP contribution < -0.4 is 10.6 Å². The zero-order chi connectivity index (χ0) is 11.8. The molecule has 2 N–H and O–H groups in total. The Morgan fingerprint density at radius 1 is 1.69 bits per heavy atom. The first-order chi connectivity index (χ1) is 7.72. The van der Waals surface area contributed by atoms with Gasteiger partial charge in [-0.05, 0) is 6.07 Å². The Labute approximate surface area is 95.2 Å². The number of hydrogen-bond acceptors (Lipinski definition) is 3. The van der Waals surface area contributed by atoms with E-state index in [0.29, 0.717) is 26.1 Å². The lowest BCUT2D eigenvalue weighted by Crippen LogP contribution is -2.27. The average molecular weight is 220 g/mol. The molecule has 5 heteroatoms. The van der Waals surface area contributed by atoms with E-state index >= 15 is 0 Å². The molecule has 0 saturated carbocycles. The minimum Gasteiger partial charge on any atom is -0.345 e. The fraction of sp³-hybridized carbons (Fsp3) is 0.455. The van der Waals surface area contributed by atoms with Crippen molar-refractivity contribution in [2.24, 2.45) is 7.05 Å². The summed E-state index contributed by atoms with van der Waals surface area (Å²) in [6, 6.07) is 1.94. The van der Waals surface area contributed by atoms with E-state index in [0.717, 1.165) is 5.69 Å². The van der Waals surface area contributed by atoms with Crippen molar-refractivity contribution in [3.63, 3.8) is 0 Å². The molecule has 0 fully saturated rings. The molecule has 1 aromatic rings. The van der Waals surface area contributed by atoms with Crippen LogP contribution in [0, 0.1) is 12.3 Å². The quantitative estimate of drug-likeness (QED) is 0.509. The summed E-state index contributed by atoms with van der Waals surface area (Å²) < 4.78 is 1.75. The summed E-state index contributed by atoms with van der Waals surface area (Å²) in [5.41, 5.74) is 0.964. The van der Waals surface area contributed by atoms with Crippen LogP contribution in [0.2, 0.25) is 0 Å². The van der Waals surface area contributed by atoms with Gasteiger partial charge in [0.1, 0.15) is 0 Å². The molecule has 1 aromatic heterocycles. The summed E-state index contributed by atoms with van der Waals surface area (Å²) in [5.74, 6) is 2.32. The maximum absolute atomic E-state index is 11.2. The molecular formula is C11H16N4O. The van der Waals surface area contributed by atoms with Crippen molar-refractivity contribution in [3.05, 3.63) is 18.0 Å². The molecule has 5 nitrogen and oxygen atoms in total. The van der Waals surface area contributed by atoms with Gasteiger partial charge in [0.25, 0.3) is 0 Å². The Morgan fingerprint density at radius 3 is 3.12 bits per heavy atom. The molecule has 1 rings (SSSR count). The molecule has 0 bridgehead atoms. The predicted octanol–water partition coefficient (Wildman–Crippen LogP) is -0.351. The normalized spacial score (nSPS) is 9.75. The van der Waals surface area contributed by atoms with Gasteiger partial charge < -0.3 is 10.6 Å². The van der Waals surface area contributed by atoms with Gasteiger partial charge in [0.05, 0.1) is 12.2 Å². The van der Waals surface area contributed by atoms with E-state index < -0.39 is 0 Å². The highest BCUT2D eigenvalue weighted by atomic mass is 16.1. The molecule has 86 valence electrons. The fourth-order valence-electron chi connectivity index (χ4n) is 1.21. The predicted molar refractivity (Wildman–Crippen MR) is 61.4 cm³/mol. The molecule has 0 aliphatic heterocycles. The molecule has 0 atom stereocenters. The van der Waals surface area contributed by atoms with E-state index in [1.165, 1.54) is 0 Å². The van der Waals surface area contributed by atoms with Crippen LogP contribution in [-0.2, 0) is 18.4 Å². The minimum atomic E-state index is -0.0357. The lowest BCUT2D eigenvalue weighted by atomic mass is 10.3. The van der Waals surface area contributed by atoms with Crippen LogP contribution >= 0.6 is 0 Å². The standard InChI is InChI=1S/C11H16N4O/c1-3-6-13-11(16)4-7-12-9-10-5-8-15(2)14-10/h1,5,8,12H,4,6-7,9H2,2H3,(H,13,16). The number of terminal acetylenes is 1. The van der Waals surface area contributed by atoms with Gasteiger partial charge in [-0.25, -0.2) is 0 Å². The van der Waals surface area contributed by atoms with Crippen LogP contribution in [0.25, 0.3) is 0 Å². The number of nitrogens with one attached hydrogen (secondary N) is 2. The van der Waals surface area contributed by atoms with Gasteiger partial charge in [0, 0.05) is 32.8 Å². The summed E-state index contributed by atoms with van der Waals surface area (Å²) in [7, 11) is 1.87. The number of amides is 1. The van der Waals surface area contributed by atoms with E-state index in [1.807, 2.05) is 19.3 Å². The molecule has 0 aliphatic carbocycles. The minimum absolute atomic E-state index is 0.0357. The van der Waals surface area contributed by atoms with Gasteiger partial charge in [-0.1, -0.05) is 5.92 Å². The molecule has 1 amide bonds. The third kappa shape index (κ3) is 4.62. The summed E-state index contributed by atoms with van der Waals surface area (Å²) in [6.45, 7) is 1.58. The highest BCUT2D eigenvalue weighted by Gasteiger charge is 2.00. The van der Waals surface area contributed by atoms with Crippen LogP contribution in [0.3, 0.4) is 0 Å². The van der Waals surface area contributed by atoms with Crippen molar-refractivity contribution in [2.75, 3.05) is 13.1 Å². The average Bonchev–Trinajstić information content (AvgIpc) is 2.67. The van der Waals surface area contributed by atoms with Gasteiger partial charge in [-0.15, -0.1) is 6.42 Å². The zero-order valence-corrected chi connectivity index (χ0v) is 9.36. The summed E-state index contributed by atoms with van der Waals surface area (Å²) in [6.07, 6.45) is 7.33. The number of hydrogen-bond donors (Lipinski definition) is 2. The first-order valence-electron chi connectivity index (χ1n) is 5.12. The smallest absolute Gasteiger partial charge is 0.222 e. The van der Waals surface area contributed by atoms with Crippen molar-refractivity contribution in [3.8, 4) is 12.3 Å². The number of carbonyl (C=O) groups is 1. The van der Waals surface area contributed by atoms with Gasteiger partial charge in [0.15, 0.2) is 0 Å². The van der Waals surface area contributed by atoms with Gasteiger partial charge >= 0.3 is 0 Å². The molecule has 0 radical (unpaired) electrons. The van der Waals surface area contributed by atoms with Crippen molar-refractivity contribution in [2.45, 2.75) is 13.0 Å². The monoisotopic (exact) mass is 220 g/mol. The lowest BCUT2D eigenvalue weighted by molar-refractivity contribution is -0.120. The fourth-order valence-corrected chi connectivity index (χ4v) is 1.21. The second kappa shape index (κ2) is 6.64. The van der Waals surface area contributed by atoms with E-state index in [-0.39, 0.29) is 5.91 Å². The molecule has 16 heavy (non-hydrogen) atoms. The van der Waals surface area contributed by atoms with Crippen molar-refractivity contribution >= 4 is 5.91 Å². The van der Waals surface area contributed by atoms with Crippen molar-refractivity contribution < 1.29 is 4.79 Å². The van der Waals surface area contributed by atoms with Crippen LogP contribution in [0.1, 0.15) is 12.1 Å². The van der Waals surface area contributed by atoms with E-state index in [9.17, 15) is 4.79 Å². The Kier molecular flexibility index (Phi) is 5.09. The van der Waals surface area contributed by atoms with E-state index in [4.69, 9.17) is 6.42 Å². The third-order valence-corrected chi connectivity index (χ3v) is 1.99. The number of nitrogens with zero attached hydrogens (tertiary/aromatic N) is 2. The first-order valence-corrected chi connectivity index (χ1v) is 5.12. The summed E-state index contributed by atoms with van der Waals surface area (Å²) in [5, 5.41) is 9.94. The number of aromatic nitrogens is 2. The van der Waals surface area contributed by atoms with Crippen LogP contribution in [0.5, 0.6) is 0 Å². The van der Waals surface area contributed by atoms with Crippen LogP contribution in [0.15, 0.2) is 12.3 Å². The topological polar surface area (TPSA) is 59.0 Å². The Hall–Kier alpha value is -1.80. The molecule has 0 unspecified atom stereocenters. The highest BCUT2D eigenvalue weighted by Crippen LogP contribution is 1.92. The number of carbonyl (C=O) groups excluding carboxylic acids is 1. The third-order valence-electron chi connectivity index (χ3n) is 1.99. The van der Waals surface area contributed by atoms with Gasteiger partial charge in [-0.3, -0.25) is 9.48 Å². The summed E-state index contributed by atoms with van der Waals surface area (Å²) in [4.78, 5) is 11.2. The van der Waals surface area contributed by atoms with Crippen molar-refractivity contribution in [1.29, 1.82) is 0 Å². The van der Waals surface area contributed by atoms with Crippen LogP contribution in [0.4, 0.5) is 0 Å². The second-order valence-corrected chi connectivity index (χ2v) is 3.39. The number of aryl methyl sites for hydroxylation is 1. The highest BCUT2D eigenvalue weighted by molar-refractivity contribution is 5.76. The zero-order valence-electron chi connectivity index (χ0n) is 9.36. The van der Waals surface area contributed by atoms with Crippen LogP contribution in [-0.4, -0.2) is 28.8 Å². The number of rotatable bonds is 6. The Balaban J connectivity index is 2.08. The maximum atomic E-state index is 11.2. The lowest BCUT2D eigenvalue weighted by Gasteiger charge is -2.02. The maximum Gasteiger partial charge on any atom is 0.222 e. The molecule has 1 heterocycles. The molecule has 0 saturated heterocycles.